The summed E-state index contributed by atoms with van der Waals surface area (Å²) >= 11 is 5.96. The SMILES string of the molecule is C[C@H]1CC(N)=N[C@@H]2[C@H](Cl)[C@H]21. The molecule has 4 atom stereocenters. The summed E-state index contributed by atoms with van der Waals surface area (Å²) in [7, 11) is 0. The number of fused-ring (bicyclic) bond motifs is 1. The van der Waals surface area contributed by atoms with Gasteiger partial charge in [0, 0.05) is 12.3 Å². The van der Waals surface area contributed by atoms with Crippen molar-refractivity contribution >= 4 is 17.4 Å². The molecule has 2 N–H and O–H groups in total. The molecular weight excluding hydrogens is 148 g/mol. The van der Waals surface area contributed by atoms with Crippen LogP contribution in [0.3, 0.4) is 0 Å². The van der Waals surface area contributed by atoms with E-state index < -0.39 is 0 Å². The van der Waals surface area contributed by atoms with E-state index in [2.05, 4.69) is 11.9 Å². The molecule has 1 aliphatic heterocycles. The summed E-state index contributed by atoms with van der Waals surface area (Å²) in [6.45, 7) is 2.20. The molecule has 0 aromatic carbocycles. The number of hydrogen-bond donors (Lipinski definition) is 1. The molecule has 0 radical (unpaired) electrons. The van der Waals surface area contributed by atoms with Crippen LogP contribution in [-0.2, 0) is 0 Å². The molecule has 0 unspecified atom stereocenters. The first-order chi connectivity index (χ1) is 4.70. The molecule has 2 aliphatic rings. The average Bonchev–Trinajstić information content (AvgIpc) is 2.42. The predicted molar refractivity (Wildman–Crippen MR) is 42.3 cm³/mol. The Hall–Kier alpha value is -0.240. The Morgan fingerprint density at radius 2 is 2.40 bits per heavy atom. The maximum atomic E-state index is 5.96. The number of rotatable bonds is 0. The van der Waals surface area contributed by atoms with Crippen LogP contribution in [0.4, 0.5) is 0 Å². The summed E-state index contributed by atoms with van der Waals surface area (Å²) < 4.78 is 0. The molecule has 0 aromatic heterocycles. The predicted octanol–water partition coefficient (Wildman–Crippen LogP) is 0.989. The lowest BCUT2D eigenvalue weighted by molar-refractivity contribution is 0.499. The minimum Gasteiger partial charge on any atom is -0.387 e. The largest absolute Gasteiger partial charge is 0.387 e. The fourth-order valence-corrected chi connectivity index (χ4v) is 2.34. The number of amidine groups is 1. The van der Waals surface area contributed by atoms with Crippen molar-refractivity contribution in [3.05, 3.63) is 0 Å². The smallest absolute Gasteiger partial charge is 0.0944 e. The van der Waals surface area contributed by atoms with E-state index in [1.165, 1.54) is 0 Å². The van der Waals surface area contributed by atoms with Crippen LogP contribution in [0.25, 0.3) is 0 Å². The lowest BCUT2D eigenvalue weighted by atomic mass is 9.99. The molecule has 1 heterocycles. The van der Waals surface area contributed by atoms with E-state index >= 15 is 0 Å². The van der Waals surface area contributed by atoms with Crippen molar-refractivity contribution in [2.45, 2.75) is 24.8 Å². The topological polar surface area (TPSA) is 38.4 Å². The van der Waals surface area contributed by atoms with Crippen molar-refractivity contribution in [1.29, 1.82) is 0 Å². The molecule has 1 saturated carbocycles. The Morgan fingerprint density at radius 1 is 1.70 bits per heavy atom. The van der Waals surface area contributed by atoms with E-state index in [1.807, 2.05) is 0 Å². The van der Waals surface area contributed by atoms with Crippen LogP contribution in [0.2, 0.25) is 0 Å². The third-order valence-electron chi connectivity index (χ3n) is 2.45. The zero-order valence-corrected chi connectivity index (χ0v) is 6.67. The van der Waals surface area contributed by atoms with E-state index in [9.17, 15) is 0 Å². The second kappa shape index (κ2) is 1.88. The first kappa shape index (κ1) is 6.47. The Bertz CT molecular complexity index is 190. The van der Waals surface area contributed by atoms with Gasteiger partial charge < -0.3 is 5.73 Å². The Kier molecular flexibility index (Phi) is 1.21. The van der Waals surface area contributed by atoms with Crippen molar-refractivity contribution in [1.82, 2.24) is 0 Å². The van der Waals surface area contributed by atoms with E-state index in [0.29, 0.717) is 17.9 Å². The van der Waals surface area contributed by atoms with E-state index in [4.69, 9.17) is 17.3 Å². The van der Waals surface area contributed by atoms with Gasteiger partial charge in [-0.1, -0.05) is 6.92 Å². The van der Waals surface area contributed by atoms with Gasteiger partial charge in [-0.3, -0.25) is 4.99 Å². The van der Waals surface area contributed by atoms with Crippen LogP contribution in [0, 0.1) is 11.8 Å². The third-order valence-corrected chi connectivity index (χ3v) is 3.00. The van der Waals surface area contributed by atoms with Gasteiger partial charge in [0.05, 0.1) is 17.3 Å². The number of hydrogen-bond acceptors (Lipinski definition) is 2. The van der Waals surface area contributed by atoms with Crippen LogP contribution in [-0.4, -0.2) is 17.3 Å². The van der Waals surface area contributed by atoms with Crippen LogP contribution in [0.1, 0.15) is 13.3 Å². The Labute approximate surface area is 65.5 Å². The number of nitrogens with two attached hydrogens (primary N) is 1. The van der Waals surface area contributed by atoms with Gasteiger partial charge in [-0.2, -0.15) is 0 Å². The van der Waals surface area contributed by atoms with Crippen LogP contribution < -0.4 is 5.73 Å². The van der Waals surface area contributed by atoms with Crippen molar-refractivity contribution in [3.8, 4) is 0 Å². The normalized spacial score (nSPS) is 51.6. The Balaban J connectivity index is 2.18. The maximum Gasteiger partial charge on any atom is 0.0944 e. The summed E-state index contributed by atoms with van der Waals surface area (Å²) in [5.41, 5.74) is 5.60. The van der Waals surface area contributed by atoms with E-state index in [-0.39, 0.29) is 5.38 Å². The first-order valence-electron chi connectivity index (χ1n) is 3.66. The van der Waals surface area contributed by atoms with E-state index in [0.717, 1.165) is 12.3 Å². The second-order valence-electron chi connectivity index (χ2n) is 3.31. The summed E-state index contributed by atoms with van der Waals surface area (Å²) in [6.07, 6.45) is 0.935. The zero-order chi connectivity index (χ0) is 7.30. The molecule has 10 heavy (non-hydrogen) atoms. The van der Waals surface area contributed by atoms with Gasteiger partial charge in [-0.25, -0.2) is 0 Å². The van der Waals surface area contributed by atoms with Gasteiger partial charge in [0.1, 0.15) is 0 Å². The fourth-order valence-electron chi connectivity index (χ4n) is 1.80. The molecule has 2 nitrogen and oxygen atoms in total. The third kappa shape index (κ3) is 0.749. The highest BCUT2D eigenvalue weighted by Crippen LogP contribution is 2.48. The van der Waals surface area contributed by atoms with Crippen molar-refractivity contribution in [2.24, 2.45) is 22.6 Å². The van der Waals surface area contributed by atoms with Crippen LogP contribution in [0.15, 0.2) is 4.99 Å². The number of alkyl halides is 1. The lowest BCUT2D eigenvalue weighted by Gasteiger charge is -2.13. The standard InChI is InChI=1S/C7H11ClN2/c1-3-2-4(9)10-7-5(3)6(7)8/h3,5-7H,2H2,1H3,(H2,9,10)/t3-,5+,6+,7-/m0/s1. The van der Waals surface area contributed by atoms with Crippen LogP contribution in [0.5, 0.6) is 0 Å². The molecule has 0 spiro atoms. The van der Waals surface area contributed by atoms with Crippen molar-refractivity contribution in [2.75, 3.05) is 0 Å². The quantitative estimate of drug-likeness (QED) is 0.525. The monoisotopic (exact) mass is 158 g/mol. The first-order valence-corrected chi connectivity index (χ1v) is 4.10. The lowest BCUT2D eigenvalue weighted by Crippen LogP contribution is -2.22. The highest BCUT2D eigenvalue weighted by molar-refractivity contribution is 6.23. The highest BCUT2D eigenvalue weighted by atomic mass is 35.5. The molecule has 0 saturated heterocycles. The molecule has 3 heteroatoms. The van der Waals surface area contributed by atoms with Gasteiger partial charge in [0.2, 0.25) is 0 Å². The molecule has 1 aliphatic carbocycles. The minimum atomic E-state index is 0.274. The van der Waals surface area contributed by atoms with Crippen molar-refractivity contribution in [3.63, 3.8) is 0 Å². The van der Waals surface area contributed by atoms with Crippen LogP contribution >= 0.6 is 11.6 Å². The summed E-state index contributed by atoms with van der Waals surface area (Å²) in [4.78, 5) is 4.25. The van der Waals surface area contributed by atoms with Gasteiger partial charge >= 0.3 is 0 Å². The molecular formula is C7H11ClN2. The van der Waals surface area contributed by atoms with Gasteiger partial charge in [0.15, 0.2) is 0 Å². The fraction of sp³-hybridized carbons (Fsp3) is 0.857. The molecule has 0 bridgehead atoms. The van der Waals surface area contributed by atoms with E-state index in [1.54, 1.807) is 0 Å². The number of aliphatic imine (C=N–C) groups is 1. The second-order valence-corrected chi connectivity index (χ2v) is 3.82. The summed E-state index contributed by atoms with van der Waals surface area (Å²) in [6, 6.07) is 0.352. The molecule has 2 rings (SSSR count). The van der Waals surface area contributed by atoms with Crippen molar-refractivity contribution < 1.29 is 0 Å². The number of nitrogens with zero attached hydrogens (tertiary/aromatic N) is 1. The number of halogens is 1. The molecule has 0 aromatic rings. The molecule has 0 amide bonds. The molecule has 56 valence electrons. The summed E-state index contributed by atoms with van der Waals surface area (Å²) in [5, 5.41) is 0.274. The average molecular weight is 159 g/mol. The molecule has 1 fully saturated rings. The van der Waals surface area contributed by atoms with Gasteiger partial charge in [0.25, 0.3) is 0 Å². The summed E-state index contributed by atoms with van der Waals surface area (Å²) in [5.74, 6) is 2.05. The van der Waals surface area contributed by atoms with Gasteiger partial charge in [-0.05, 0) is 5.92 Å². The maximum absolute atomic E-state index is 5.96. The zero-order valence-electron chi connectivity index (χ0n) is 5.92. The highest BCUT2D eigenvalue weighted by Gasteiger charge is 2.54. The Morgan fingerprint density at radius 3 is 3.00 bits per heavy atom. The minimum absolute atomic E-state index is 0.274. The van der Waals surface area contributed by atoms with Gasteiger partial charge in [-0.15, -0.1) is 11.6 Å².